The largest absolute Gasteiger partial charge is 0.465 e. The molecule has 106 valence electrons. The summed E-state index contributed by atoms with van der Waals surface area (Å²) in [5.74, 6) is -0.469. The molecule has 5 heteroatoms. The zero-order valence-corrected chi connectivity index (χ0v) is 12.2. The summed E-state index contributed by atoms with van der Waals surface area (Å²) in [4.78, 5) is 11.7. The van der Waals surface area contributed by atoms with Gasteiger partial charge in [0.05, 0.1) is 12.4 Å². The molecule has 0 aliphatic rings. The van der Waals surface area contributed by atoms with E-state index in [-0.39, 0.29) is 17.5 Å². The van der Waals surface area contributed by atoms with Gasteiger partial charge in [-0.25, -0.2) is 4.39 Å². The number of ether oxygens (including phenoxy) is 1. The van der Waals surface area contributed by atoms with Crippen LogP contribution in [0.5, 0.6) is 0 Å². The Labute approximate surface area is 117 Å². The number of halogens is 1. The summed E-state index contributed by atoms with van der Waals surface area (Å²) in [5, 5.41) is 3.22. The zero-order chi connectivity index (χ0) is 14.1. The first-order valence-electron chi connectivity index (χ1n) is 6.45. The molecule has 0 spiro atoms. The van der Waals surface area contributed by atoms with Gasteiger partial charge in [-0.05, 0) is 37.6 Å². The van der Waals surface area contributed by atoms with Crippen molar-refractivity contribution in [1.29, 1.82) is 0 Å². The van der Waals surface area contributed by atoms with E-state index in [1.54, 1.807) is 13.0 Å². The van der Waals surface area contributed by atoms with Gasteiger partial charge in [-0.2, -0.15) is 0 Å². The average molecular weight is 285 g/mol. The Hall–Kier alpha value is -1.07. The molecule has 0 aliphatic carbocycles. The van der Waals surface area contributed by atoms with E-state index < -0.39 is 0 Å². The molecule has 1 N–H and O–H groups in total. The minimum atomic E-state index is -0.319. The molecule has 0 aliphatic heterocycles. The molecule has 0 atom stereocenters. The van der Waals surface area contributed by atoms with Crippen LogP contribution in [0.1, 0.15) is 25.8 Å². The van der Waals surface area contributed by atoms with E-state index >= 15 is 0 Å². The second-order valence-corrected chi connectivity index (χ2v) is 5.05. The Morgan fingerprint density at radius 1 is 1.42 bits per heavy atom. The smallest absolute Gasteiger partial charge is 0.316 e. The van der Waals surface area contributed by atoms with Crippen LogP contribution in [-0.4, -0.2) is 24.9 Å². The molecule has 1 aromatic carbocycles. The van der Waals surface area contributed by atoms with Crippen molar-refractivity contribution in [3.63, 3.8) is 0 Å². The quantitative estimate of drug-likeness (QED) is 0.453. The lowest BCUT2D eigenvalue weighted by molar-refractivity contribution is -0.139. The summed E-state index contributed by atoms with van der Waals surface area (Å²) in [5.41, 5.74) is 0.909. The van der Waals surface area contributed by atoms with E-state index in [9.17, 15) is 9.18 Å². The molecule has 19 heavy (non-hydrogen) atoms. The molecule has 0 bridgehead atoms. The molecule has 0 radical (unpaired) electrons. The Balaban J connectivity index is 2.49. The van der Waals surface area contributed by atoms with Crippen LogP contribution in [0, 0.1) is 5.82 Å². The number of carbonyl (C=O) groups excluding carboxylic acids is 1. The maximum Gasteiger partial charge on any atom is 0.316 e. The van der Waals surface area contributed by atoms with Gasteiger partial charge < -0.3 is 10.1 Å². The number of hydrogen-bond donors (Lipinski definition) is 1. The third-order valence-corrected chi connectivity index (χ3v) is 3.43. The highest BCUT2D eigenvalue weighted by atomic mass is 32.2. The van der Waals surface area contributed by atoms with E-state index in [0.717, 1.165) is 30.3 Å². The van der Waals surface area contributed by atoms with E-state index in [1.165, 1.54) is 6.07 Å². The molecule has 0 fully saturated rings. The molecule has 0 heterocycles. The third kappa shape index (κ3) is 6.07. The van der Waals surface area contributed by atoms with Crippen LogP contribution in [0.3, 0.4) is 0 Å². The number of benzene rings is 1. The van der Waals surface area contributed by atoms with Crippen molar-refractivity contribution in [2.24, 2.45) is 0 Å². The first-order valence-corrected chi connectivity index (χ1v) is 7.43. The standard InChI is InChI=1S/C14H20FNO2S/c1-3-7-16-9-11-5-6-13(12(15)8-11)19-10-14(17)18-4-2/h5-6,8,16H,3-4,7,9-10H2,1-2H3. The van der Waals surface area contributed by atoms with Crippen LogP contribution in [0.25, 0.3) is 0 Å². The number of nitrogens with one attached hydrogen (secondary N) is 1. The predicted molar refractivity (Wildman–Crippen MR) is 75.8 cm³/mol. The molecular weight excluding hydrogens is 265 g/mol. The fraction of sp³-hybridized carbons (Fsp3) is 0.500. The van der Waals surface area contributed by atoms with Gasteiger partial charge >= 0.3 is 5.97 Å². The topological polar surface area (TPSA) is 38.3 Å². The molecule has 0 amide bonds. The van der Waals surface area contributed by atoms with Gasteiger partial charge in [-0.15, -0.1) is 11.8 Å². The molecular formula is C14H20FNO2S. The van der Waals surface area contributed by atoms with Crippen LogP contribution in [-0.2, 0) is 16.1 Å². The monoisotopic (exact) mass is 285 g/mol. The van der Waals surface area contributed by atoms with Gasteiger partial charge in [0.25, 0.3) is 0 Å². The molecule has 1 aromatic rings. The summed E-state index contributed by atoms with van der Waals surface area (Å²) in [6.45, 7) is 5.77. The molecule has 0 aromatic heterocycles. The molecule has 0 saturated carbocycles. The number of rotatable bonds is 8. The van der Waals surface area contributed by atoms with Gasteiger partial charge in [0.1, 0.15) is 5.82 Å². The average Bonchev–Trinajstić information content (AvgIpc) is 2.38. The van der Waals surface area contributed by atoms with Gasteiger partial charge in [0.2, 0.25) is 0 Å². The fourth-order valence-electron chi connectivity index (χ4n) is 1.52. The van der Waals surface area contributed by atoms with Gasteiger partial charge in [0, 0.05) is 11.4 Å². The minimum absolute atomic E-state index is 0.137. The van der Waals surface area contributed by atoms with Crippen LogP contribution in [0.4, 0.5) is 4.39 Å². The third-order valence-electron chi connectivity index (χ3n) is 2.40. The van der Waals surface area contributed by atoms with Crippen molar-refractivity contribution in [2.75, 3.05) is 18.9 Å². The lowest BCUT2D eigenvalue weighted by Gasteiger charge is -2.07. The highest BCUT2D eigenvalue weighted by Gasteiger charge is 2.08. The first-order chi connectivity index (χ1) is 9.17. The van der Waals surface area contributed by atoms with Crippen molar-refractivity contribution in [3.8, 4) is 0 Å². The summed E-state index contributed by atoms with van der Waals surface area (Å²) in [6.07, 6.45) is 1.05. The number of hydrogen-bond acceptors (Lipinski definition) is 4. The van der Waals surface area contributed by atoms with Crippen molar-refractivity contribution in [2.45, 2.75) is 31.7 Å². The summed E-state index contributed by atoms with van der Waals surface area (Å²) >= 11 is 1.16. The van der Waals surface area contributed by atoms with Crippen LogP contribution in [0.15, 0.2) is 23.1 Å². The van der Waals surface area contributed by atoms with Gasteiger partial charge in [0.15, 0.2) is 0 Å². The first kappa shape index (κ1) is 16.0. The number of thioether (sulfide) groups is 1. The van der Waals surface area contributed by atoms with E-state index in [0.29, 0.717) is 18.0 Å². The predicted octanol–water partition coefficient (Wildman–Crippen LogP) is 2.98. The van der Waals surface area contributed by atoms with Crippen LogP contribution in [0.2, 0.25) is 0 Å². The Morgan fingerprint density at radius 2 is 2.21 bits per heavy atom. The normalized spacial score (nSPS) is 10.5. The summed E-state index contributed by atoms with van der Waals surface area (Å²) in [7, 11) is 0. The van der Waals surface area contributed by atoms with E-state index in [2.05, 4.69) is 12.2 Å². The Kier molecular flexibility index (Phi) is 7.52. The fourth-order valence-corrected chi connectivity index (χ4v) is 2.24. The SMILES string of the molecule is CCCNCc1ccc(SCC(=O)OCC)c(F)c1. The second kappa shape index (κ2) is 8.93. The van der Waals surface area contributed by atoms with Crippen LogP contribution >= 0.6 is 11.8 Å². The van der Waals surface area contributed by atoms with Crippen molar-refractivity contribution < 1.29 is 13.9 Å². The summed E-state index contributed by atoms with van der Waals surface area (Å²) < 4.78 is 18.6. The van der Waals surface area contributed by atoms with Crippen molar-refractivity contribution in [1.82, 2.24) is 5.32 Å². The summed E-state index contributed by atoms with van der Waals surface area (Å²) in [6, 6.07) is 5.09. The molecule has 0 unspecified atom stereocenters. The molecule has 3 nitrogen and oxygen atoms in total. The highest BCUT2D eigenvalue weighted by Crippen LogP contribution is 2.22. The maximum atomic E-state index is 13.8. The van der Waals surface area contributed by atoms with Gasteiger partial charge in [-0.3, -0.25) is 4.79 Å². The van der Waals surface area contributed by atoms with Gasteiger partial charge in [-0.1, -0.05) is 13.0 Å². The minimum Gasteiger partial charge on any atom is -0.465 e. The van der Waals surface area contributed by atoms with Crippen molar-refractivity contribution >= 4 is 17.7 Å². The lowest BCUT2D eigenvalue weighted by Crippen LogP contribution is -2.13. The second-order valence-electron chi connectivity index (χ2n) is 4.04. The lowest BCUT2D eigenvalue weighted by atomic mass is 10.2. The van der Waals surface area contributed by atoms with E-state index in [1.807, 2.05) is 6.07 Å². The number of esters is 1. The molecule has 0 saturated heterocycles. The molecule has 1 rings (SSSR count). The van der Waals surface area contributed by atoms with Crippen molar-refractivity contribution in [3.05, 3.63) is 29.6 Å². The Bertz CT molecular complexity index is 412. The van der Waals surface area contributed by atoms with E-state index in [4.69, 9.17) is 4.74 Å². The van der Waals surface area contributed by atoms with Crippen LogP contribution < -0.4 is 5.32 Å². The maximum absolute atomic E-state index is 13.8. The number of carbonyl (C=O) groups is 1. The highest BCUT2D eigenvalue weighted by molar-refractivity contribution is 8.00. The zero-order valence-electron chi connectivity index (χ0n) is 11.4. The Morgan fingerprint density at radius 3 is 2.84 bits per heavy atom.